The minimum Gasteiger partial charge on any atom is -0.322 e. The molecule has 6 heteroatoms. The molecule has 1 amide bonds. The Hall–Kier alpha value is -1.85. The highest BCUT2D eigenvalue weighted by atomic mass is 35.5. The second-order valence-corrected chi connectivity index (χ2v) is 5.53. The number of hydrogen-bond donors (Lipinski definition) is 2. The van der Waals surface area contributed by atoms with Crippen LogP contribution in [-0.2, 0) is 20.0 Å². The van der Waals surface area contributed by atoms with Crippen molar-refractivity contribution in [3.05, 3.63) is 46.3 Å². The molecule has 0 saturated carbocycles. The van der Waals surface area contributed by atoms with Gasteiger partial charge in [-0.2, -0.15) is 5.10 Å². The van der Waals surface area contributed by atoms with Crippen molar-refractivity contribution in [1.82, 2.24) is 15.1 Å². The molecular weight excluding hydrogens is 300 g/mol. The summed E-state index contributed by atoms with van der Waals surface area (Å²) in [4.78, 5) is 12.5. The molecule has 0 fully saturated rings. The summed E-state index contributed by atoms with van der Waals surface area (Å²) in [6.45, 7) is 5.65. The molecule has 22 heavy (non-hydrogen) atoms. The van der Waals surface area contributed by atoms with E-state index >= 15 is 0 Å². The van der Waals surface area contributed by atoms with Crippen molar-refractivity contribution in [2.24, 2.45) is 7.05 Å². The van der Waals surface area contributed by atoms with Crippen LogP contribution in [0.15, 0.2) is 18.2 Å². The van der Waals surface area contributed by atoms with Gasteiger partial charge in [0.2, 0.25) is 0 Å². The van der Waals surface area contributed by atoms with Crippen LogP contribution in [0.5, 0.6) is 0 Å². The van der Waals surface area contributed by atoms with Gasteiger partial charge in [-0.15, -0.1) is 12.4 Å². The lowest BCUT2D eigenvalue weighted by Gasteiger charge is -2.18. The van der Waals surface area contributed by atoms with E-state index in [0.29, 0.717) is 5.56 Å². The molecule has 1 aromatic carbocycles. The molecule has 1 aliphatic rings. The second-order valence-electron chi connectivity index (χ2n) is 5.53. The maximum Gasteiger partial charge on any atom is 0.259 e. The predicted octanol–water partition coefficient (Wildman–Crippen LogP) is 2.36. The number of amides is 1. The van der Waals surface area contributed by atoms with Crippen LogP contribution in [0, 0.1) is 13.8 Å². The molecule has 2 heterocycles. The van der Waals surface area contributed by atoms with E-state index in [1.165, 1.54) is 11.1 Å². The number of carbonyl (C=O) groups excluding carboxylic acids is 1. The fourth-order valence-electron chi connectivity index (χ4n) is 2.85. The summed E-state index contributed by atoms with van der Waals surface area (Å²) in [7, 11) is 1.85. The van der Waals surface area contributed by atoms with Gasteiger partial charge in [0.15, 0.2) is 0 Å². The smallest absolute Gasteiger partial charge is 0.259 e. The van der Waals surface area contributed by atoms with Crippen molar-refractivity contribution in [3.63, 3.8) is 0 Å². The maximum absolute atomic E-state index is 12.5. The van der Waals surface area contributed by atoms with E-state index in [0.717, 1.165) is 36.6 Å². The van der Waals surface area contributed by atoms with Crippen LogP contribution in [0.25, 0.3) is 0 Å². The monoisotopic (exact) mass is 320 g/mol. The molecule has 0 spiro atoms. The normalized spacial score (nSPS) is 13.2. The van der Waals surface area contributed by atoms with Gasteiger partial charge in [-0.3, -0.25) is 9.48 Å². The Balaban J connectivity index is 0.00000176. The van der Waals surface area contributed by atoms with Crippen LogP contribution in [0.4, 0.5) is 5.69 Å². The number of aryl methyl sites for hydroxylation is 2. The summed E-state index contributed by atoms with van der Waals surface area (Å²) in [6.07, 6.45) is 1.05. The Bertz CT molecular complexity index is 708. The molecular formula is C16H21ClN4O. The molecule has 0 bridgehead atoms. The Morgan fingerprint density at radius 1 is 1.32 bits per heavy atom. The third kappa shape index (κ3) is 3.00. The first-order valence-corrected chi connectivity index (χ1v) is 7.20. The largest absolute Gasteiger partial charge is 0.322 e. The lowest BCUT2D eigenvalue weighted by molar-refractivity contribution is 0.102. The fraction of sp³-hybridized carbons (Fsp3) is 0.375. The van der Waals surface area contributed by atoms with Gasteiger partial charge in [0.1, 0.15) is 0 Å². The number of hydrogen-bond acceptors (Lipinski definition) is 3. The molecule has 1 aromatic heterocycles. The molecule has 2 aromatic rings. The second kappa shape index (κ2) is 6.50. The van der Waals surface area contributed by atoms with Crippen LogP contribution in [0.2, 0.25) is 0 Å². The van der Waals surface area contributed by atoms with Crippen molar-refractivity contribution >= 4 is 24.0 Å². The molecule has 118 valence electrons. The average Bonchev–Trinajstić information content (AvgIpc) is 2.72. The average molecular weight is 321 g/mol. The van der Waals surface area contributed by atoms with E-state index in [2.05, 4.69) is 27.9 Å². The third-order valence-corrected chi connectivity index (χ3v) is 4.09. The number of aromatic nitrogens is 2. The fourth-order valence-corrected chi connectivity index (χ4v) is 2.85. The quantitative estimate of drug-likeness (QED) is 0.893. The molecule has 1 aliphatic heterocycles. The Labute approximate surface area is 136 Å². The number of halogens is 1. The Kier molecular flexibility index (Phi) is 4.88. The molecule has 3 rings (SSSR count). The van der Waals surface area contributed by atoms with Gasteiger partial charge in [0.05, 0.1) is 11.3 Å². The highest BCUT2D eigenvalue weighted by Crippen LogP contribution is 2.20. The topological polar surface area (TPSA) is 59.0 Å². The molecule has 0 aliphatic carbocycles. The summed E-state index contributed by atoms with van der Waals surface area (Å²) < 4.78 is 1.74. The highest BCUT2D eigenvalue weighted by Gasteiger charge is 2.18. The van der Waals surface area contributed by atoms with Gasteiger partial charge < -0.3 is 10.6 Å². The number of nitrogens with zero attached hydrogens (tertiary/aromatic N) is 2. The lowest BCUT2D eigenvalue weighted by atomic mass is 10.0. The van der Waals surface area contributed by atoms with Gasteiger partial charge in [0.25, 0.3) is 5.91 Å². The van der Waals surface area contributed by atoms with Crippen LogP contribution in [-0.4, -0.2) is 22.2 Å². The van der Waals surface area contributed by atoms with E-state index in [9.17, 15) is 4.79 Å². The zero-order valence-corrected chi connectivity index (χ0v) is 13.9. The van der Waals surface area contributed by atoms with Crippen molar-refractivity contribution in [3.8, 4) is 0 Å². The molecule has 2 N–H and O–H groups in total. The molecule has 5 nitrogen and oxygen atoms in total. The summed E-state index contributed by atoms with van der Waals surface area (Å²) >= 11 is 0. The molecule has 0 atom stereocenters. The van der Waals surface area contributed by atoms with Crippen LogP contribution in [0.1, 0.15) is 32.9 Å². The van der Waals surface area contributed by atoms with E-state index in [4.69, 9.17) is 0 Å². The number of anilines is 1. The summed E-state index contributed by atoms with van der Waals surface area (Å²) in [5.74, 6) is -0.0955. The molecule has 0 unspecified atom stereocenters. The first kappa shape index (κ1) is 16.5. The van der Waals surface area contributed by atoms with Crippen molar-refractivity contribution in [1.29, 1.82) is 0 Å². The Morgan fingerprint density at radius 2 is 2.09 bits per heavy atom. The summed E-state index contributed by atoms with van der Waals surface area (Å²) in [5, 5.41) is 10.6. The summed E-state index contributed by atoms with van der Waals surface area (Å²) in [6, 6.07) is 6.14. The van der Waals surface area contributed by atoms with Crippen molar-refractivity contribution < 1.29 is 4.79 Å². The van der Waals surface area contributed by atoms with E-state index < -0.39 is 0 Å². The zero-order chi connectivity index (χ0) is 15.0. The number of fused-ring (bicyclic) bond motifs is 1. The van der Waals surface area contributed by atoms with Crippen LogP contribution < -0.4 is 10.6 Å². The lowest BCUT2D eigenvalue weighted by Crippen LogP contribution is -2.24. The van der Waals surface area contributed by atoms with E-state index in [1.54, 1.807) is 4.68 Å². The molecule has 0 radical (unpaired) electrons. The first-order valence-electron chi connectivity index (χ1n) is 7.20. The predicted molar refractivity (Wildman–Crippen MR) is 89.7 cm³/mol. The number of benzene rings is 1. The minimum atomic E-state index is -0.0955. The van der Waals surface area contributed by atoms with Crippen LogP contribution >= 0.6 is 12.4 Å². The van der Waals surface area contributed by atoms with Gasteiger partial charge in [-0.05, 0) is 50.1 Å². The first-order chi connectivity index (χ1) is 10.1. The van der Waals surface area contributed by atoms with Gasteiger partial charge >= 0.3 is 0 Å². The third-order valence-electron chi connectivity index (χ3n) is 4.09. The summed E-state index contributed by atoms with van der Waals surface area (Å²) in [5.41, 5.74) is 5.76. The van der Waals surface area contributed by atoms with Gasteiger partial charge in [0, 0.05) is 25.0 Å². The maximum atomic E-state index is 12.5. The van der Waals surface area contributed by atoms with Crippen molar-refractivity contribution in [2.75, 3.05) is 11.9 Å². The number of nitrogens with one attached hydrogen (secondary N) is 2. The number of rotatable bonds is 2. The van der Waals surface area contributed by atoms with E-state index in [1.807, 2.05) is 27.0 Å². The standard InChI is InChI=1S/C16H20N4O.ClH/c1-10-15(11(2)20(3)19-10)16(21)18-14-5-4-12-6-7-17-9-13(12)8-14;/h4-5,8,17H,6-7,9H2,1-3H3,(H,18,21);1H. The SMILES string of the molecule is Cc1nn(C)c(C)c1C(=O)Nc1ccc2c(c1)CNCC2.Cl. The van der Waals surface area contributed by atoms with Crippen molar-refractivity contribution in [2.45, 2.75) is 26.8 Å². The van der Waals surface area contributed by atoms with Gasteiger partial charge in [-0.1, -0.05) is 6.07 Å². The van der Waals surface area contributed by atoms with Gasteiger partial charge in [-0.25, -0.2) is 0 Å². The highest BCUT2D eigenvalue weighted by molar-refractivity contribution is 6.05. The van der Waals surface area contributed by atoms with Crippen LogP contribution in [0.3, 0.4) is 0 Å². The Morgan fingerprint density at radius 3 is 2.77 bits per heavy atom. The van der Waals surface area contributed by atoms with E-state index in [-0.39, 0.29) is 18.3 Å². The number of carbonyl (C=O) groups is 1. The molecule has 0 saturated heterocycles. The minimum absolute atomic E-state index is 0. The zero-order valence-electron chi connectivity index (χ0n) is 13.1.